The van der Waals surface area contributed by atoms with E-state index >= 15 is 0 Å². The molecule has 1 aliphatic rings. The number of benzene rings is 1. The van der Waals surface area contributed by atoms with E-state index in [0.29, 0.717) is 23.1 Å². The number of carbonyl (C=O) groups excluding carboxylic acids is 1. The van der Waals surface area contributed by atoms with Gasteiger partial charge in [0.15, 0.2) is 11.5 Å². The SMILES string of the molecule is Cc1ccc(-c2cc(C(=O)N3CCC(Cc4cccc(CO)c4)C3)n[nH]2)o1. The van der Waals surface area contributed by atoms with Crippen LogP contribution < -0.4 is 0 Å². The summed E-state index contributed by atoms with van der Waals surface area (Å²) in [5, 5.41) is 16.3. The molecule has 140 valence electrons. The number of rotatable bonds is 5. The number of aliphatic hydroxyl groups excluding tert-OH is 1. The summed E-state index contributed by atoms with van der Waals surface area (Å²) >= 11 is 0. The first-order valence-corrected chi connectivity index (χ1v) is 9.22. The number of aliphatic hydroxyl groups is 1. The third kappa shape index (κ3) is 3.80. The molecule has 1 unspecified atom stereocenters. The first-order valence-electron chi connectivity index (χ1n) is 9.22. The molecule has 0 bridgehead atoms. The molecule has 3 aromatic rings. The number of hydrogen-bond donors (Lipinski definition) is 2. The Balaban J connectivity index is 1.40. The molecule has 1 saturated heterocycles. The van der Waals surface area contributed by atoms with Gasteiger partial charge in [0, 0.05) is 19.2 Å². The van der Waals surface area contributed by atoms with Crippen molar-refractivity contribution in [1.29, 1.82) is 0 Å². The second-order valence-corrected chi connectivity index (χ2v) is 7.17. The summed E-state index contributed by atoms with van der Waals surface area (Å²) in [5.74, 6) is 1.88. The van der Waals surface area contributed by atoms with Crippen LogP contribution in [0.15, 0.2) is 46.9 Å². The third-order valence-corrected chi connectivity index (χ3v) is 5.07. The molecule has 1 fully saturated rings. The van der Waals surface area contributed by atoms with Crippen molar-refractivity contribution in [3.63, 3.8) is 0 Å². The lowest BCUT2D eigenvalue weighted by Gasteiger charge is -2.15. The number of H-pyrrole nitrogens is 1. The molecular weight excluding hydrogens is 342 g/mol. The summed E-state index contributed by atoms with van der Waals surface area (Å²) in [6.07, 6.45) is 1.89. The Labute approximate surface area is 157 Å². The van der Waals surface area contributed by atoms with Crippen LogP contribution in [0.4, 0.5) is 0 Å². The predicted octanol–water partition coefficient (Wildman–Crippen LogP) is 3.18. The van der Waals surface area contributed by atoms with E-state index in [1.54, 1.807) is 6.07 Å². The van der Waals surface area contributed by atoms with E-state index in [9.17, 15) is 9.90 Å². The molecule has 3 heterocycles. The van der Waals surface area contributed by atoms with Crippen molar-refractivity contribution in [3.8, 4) is 11.5 Å². The molecule has 1 amide bonds. The maximum atomic E-state index is 12.8. The van der Waals surface area contributed by atoms with Gasteiger partial charge in [-0.3, -0.25) is 9.89 Å². The van der Waals surface area contributed by atoms with Crippen molar-refractivity contribution in [2.24, 2.45) is 5.92 Å². The maximum Gasteiger partial charge on any atom is 0.274 e. The molecule has 2 aromatic heterocycles. The van der Waals surface area contributed by atoms with Crippen molar-refractivity contribution in [3.05, 3.63) is 65.0 Å². The fraction of sp³-hybridized carbons (Fsp3) is 0.333. The van der Waals surface area contributed by atoms with Crippen molar-refractivity contribution in [2.75, 3.05) is 13.1 Å². The zero-order valence-corrected chi connectivity index (χ0v) is 15.3. The fourth-order valence-corrected chi connectivity index (χ4v) is 3.67. The van der Waals surface area contributed by atoms with E-state index < -0.39 is 0 Å². The lowest BCUT2D eigenvalue weighted by atomic mass is 9.97. The second-order valence-electron chi connectivity index (χ2n) is 7.17. The number of aromatic amines is 1. The normalized spacial score (nSPS) is 16.8. The summed E-state index contributed by atoms with van der Waals surface area (Å²) in [4.78, 5) is 14.6. The predicted molar refractivity (Wildman–Crippen MR) is 101 cm³/mol. The van der Waals surface area contributed by atoms with Gasteiger partial charge in [0.2, 0.25) is 0 Å². The summed E-state index contributed by atoms with van der Waals surface area (Å²) in [5.41, 5.74) is 3.26. The highest BCUT2D eigenvalue weighted by atomic mass is 16.3. The van der Waals surface area contributed by atoms with Crippen LogP contribution in [-0.4, -0.2) is 39.2 Å². The van der Waals surface area contributed by atoms with E-state index in [4.69, 9.17) is 4.42 Å². The molecule has 6 nitrogen and oxygen atoms in total. The summed E-state index contributed by atoms with van der Waals surface area (Å²) in [6.45, 7) is 3.40. The van der Waals surface area contributed by atoms with Crippen molar-refractivity contribution in [1.82, 2.24) is 15.1 Å². The van der Waals surface area contributed by atoms with Crippen molar-refractivity contribution in [2.45, 2.75) is 26.4 Å². The summed E-state index contributed by atoms with van der Waals surface area (Å²) in [6, 6.07) is 13.5. The van der Waals surface area contributed by atoms with Gasteiger partial charge in [-0.2, -0.15) is 5.10 Å². The van der Waals surface area contributed by atoms with Crippen LogP contribution in [0.2, 0.25) is 0 Å². The van der Waals surface area contributed by atoms with Crippen molar-refractivity contribution >= 4 is 5.91 Å². The highest BCUT2D eigenvalue weighted by Gasteiger charge is 2.28. The standard InChI is InChI=1S/C21H23N3O3/c1-14-5-6-20(27-14)18-11-19(23-22-18)21(26)24-8-7-16(12-24)9-15-3-2-4-17(10-15)13-25/h2-6,10-11,16,25H,7-9,12-13H2,1H3,(H,22,23). The highest BCUT2D eigenvalue weighted by Crippen LogP contribution is 2.25. The largest absolute Gasteiger partial charge is 0.460 e. The minimum Gasteiger partial charge on any atom is -0.460 e. The molecule has 6 heteroatoms. The highest BCUT2D eigenvalue weighted by molar-refractivity contribution is 5.93. The average Bonchev–Trinajstić information content (AvgIpc) is 3.41. The minimum absolute atomic E-state index is 0.0487. The number of hydrogen-bond acceptors (Lipinski definition) is 4. The molecular formula is C21H23N3O3. The number of carbonyl (C=O) groups is 1. The number of aromatic nitrogens is 2. The molecule has 2 N–H and O–H groups in total. The molecule has 1 aliphatic heterocycles. The lowest BCUT2D eigenvalue weighted by molar-refractivity contribution is 0.0781. The topological polar surface area (TPSA) is 82.4 Å². The van der Waals surface area contributed by atoms with Crippen LogP contribution in [0.25, 0.3) is 11.5 Å². The Hall–Kier alpha value is -2.86. The Bertz CT molecular complexity index is 944. The van der Waals surface area contributed by atoms with Gasteiger partial charge in [-0.1, -0.05) is 24.3 Å². The zero-order chi connectivity index (χ0) is 18.8. The summed E-state index contributed by atoms with van der Waals surface area (Å²) in [7, 11) is 0. The smallest absolute Gasteiger partial charge is 0.274 e. The Kier molecular flexibility index (Phi) is 4.81. The van der Waals surface area contributed by atoms with E-state index in [2.05, 4.69) is 16.3 Å². The van der Waals surface area contributed by atoms with Gasteiger partial charge in [-0.15, -0.1) is 0 Å². The van der Waals surface area contributed by atoms with Gasteiger partial charge in [-0.25, -0.2) is 0 Å². The first-order chi connectivity index (χ1) is 13.1. The van der Waals surface area contributed by atoms with Crippen LogP contribution in [0.1, 0.15) is 33.8 Å². The van der Waals surface area contributed by atoms with Crippen LogP contribution >= 0.6 is 0 Å². The van der Waals surface area contributed by atoms with E-state index in [0.717, 1.165) is 37.3 Å². The third-order valence-electron chi connectivity index (χ3n) is 5.07. The Morgan fingerprint density at radius 1 is 1.30 bits per heavy atom. The molecule has 0 radical (unpaired) electrons. The number of likely N-dealkylation sites (tertiary alicyclic amines) is 1. The molecule has 0 aliphatic carbocycles. The fourth-order valence-electron chi connectivity index (χ4n) is 3.67. The molecule has 27 heavy (non-hydrogen) atoms. The second kappa shape index (κ2) is 7.40. The van der Waals surface area contributed by atoms with Crippen LogP contribution in [0.3, 0.4) is 0 Å². The summed E-state index contributed by atoms with van der Waals surface area (Å²) < 4.78 is 5.58. The molecule has 1 aromatic carbocycles. The minimum atomic E-state index is -0.0487. The zero-order valence-electron chi connectivity index (χ0n) is 15.3. The maximum absolute atomic E-state index is 12.8. The Morgan fingerprint density at radius 3 is 2.93 bits per heavy atom. The number of amides is 1. The quantitative estimate of drug-likeness (QED) is 0.727. The van der Waals surface area contributed by atoms with E-state index in [1.165, 1.54) is 5.56 Å². The van der Waals surface area contributed by atoms with Gasteiger partial charge in [0.1, 0.15) is 11.5 Å². The van der Waals surface area contributed by atoms with Crippen LogP contribution in [0.5, 0.6) is 0 Å². The van der Waals surface area contributed by atoms with E-state index in [-0.39, 0.29) is 12.5 Å². The van der Waals surface area contributed by atoms with Crippen LogP contribution in [-0.2, 0) is 13.0 Å². The van der Waals surface area contributed by atoms with Crippen LogP contribution in [0, 0.1) is 12.8 Å². The molecule has 1 atom stereocenters. The molecule has 0 saturated carbocycles. The number of nitrogens with zero attached hydrogens (tertiary/aromatic N) is 2. The number of furan rings is 1. The van der Waals surface area contributed by atoms with Gasteiger partial charge in [-0.05, 0) is 48.9 Å². The van der Waals surface area contributed by atoms with Gasteiger partial charge in [0.05, 0.1) is 6.61 Å². The monoisotopic (exact) mass is 365 g/mol. The molecule has 4 rings (SSSR count). The first kappa shape index (κ1) is 17.5. The molecule has 0 spiro atoms. The number of aryl methyl sites for hydroxylation is 1. The average molecular weight is 365 g/mol. The van der Waals surface area contributed by atoms with E-state index in [1.807, 2.05) is 42.2 Å². The van der Waals surface area contributed by atoms with Crippen molar-refractivity contribution < 1.29 is 14.3 Å². The van der Waals surface area contributed by atoms with Gasteiger partial charge in [0.25, 0.3) is 5.91 Å². The number of nitrogens with one attached hydrogen (secondary N) is 1. The van der Waals surface area contributed by atoms with Gasteiger partial charge < -0.3 is 14.4 Å². The lowest BCUT2D eigenvalue weighted by Crippen LogP contribution is -2.29. The van der Waals surface area contributed by atoms with Gasteiger partial charge >= 0.3 is 0 Å². The Morgan fingerprint density at radius 2 is 2.15 bits per heavy atom.